The van der Waals surface area contributed by atoms with Crippen LogP contribution in [0.2, 0.25) is 5.02 Å². The smallest absolute Gasteiger partial charge is 0.274 e. The van der Waals surface area contributed by atoms with Crippen LogP contribution in [0.1, 0.15) is 17.4 Å². The summed E-state index contributed by atoms with van der Waals surface area (Å²) >= 11 is 5.91. The van der Waals surface area contributed by atoms with E-state index in [0.29, 0.717) is 10.6 Å². The van der Waals surface area contributed by atoms with E-state index in [4.69, 9.17) is 17.3 Å². The minimum atomic E-state index is -0.860. The van der Waals surface area contributed by atoms with E-state index in [1.54, 1.807) is 24.3 Å². The van der Waals surface area contributed by atoms with E-state index >= 15 is 0 Å². The van der Waals surface area contributed by atoms with E-state index in [-0.39, 0.29) is 11.4 Å². The Hall–Kier alpha value is -2.60. The highest BCUT2D eigenvalue weighted by molar-refractivity contribution is 6.30. The lowest BCUT2D eigenvalue weighted by Crippen LogP contribution is -2.42. The number of aromatic hydroxyl groups is 1. The Labute approximate surface area is 131 Å². The van der Waals surface area contributed by atoms with E-state index in [1.807, 2.05) is 0 Å². The number of primary amides is 1. The normalized spacial score (nSPS) is 11.7. The number of aromatic nitrogens is 1. The van der Waals surface area contributed by atoms with Crippen molar-refractivity contribution in [2.45, 2.75) is 13.0 Å². The van der Waals surface area contributed by atoms with Gasteiger partial charge in [-0.15, -0.1) is 0 Å². The molecule has 0 saturated carbocycles. The number of carbonyl (C=O) groups excluding carboxylic acids is 2. The monoisotopic (exact) mass is 319 g/mol. The van der Waals surface area contributed by atoms with Gasteiger partial charge in [-0.2, -0.15) is 0 Å². The predicted octanol–water partition coefficient (Wildman–Crippen LogP) is 1.71. The van der Waals surface area contributed by atoms with Gasteiger partial charge in [-0.25, -0.2) is 4.98 Å². The number of rotatable bonds is 4. The van der Waals surface area contributed by atoms with Crippen molar-refractivity contribution in [1.29, 1.82) is 0 Å². The molecule has 0 aliphatic heterocycles. The summed E-state index contributed by atoms with van der Waals surface area (Å²) < 4.78 is 0. The summed E-state index contributed by atoms with van der Waals surface area (Å²) in [6, 6.07) is 7.56. The SMILES string of the molecule is CC(NC(=O)c1ncc(-c2cccc(Cl)c2)cc1O)C(N)=O. The molecular formula is C15H14ClN3O3. The van der Waals surface area contributed by atoms with E-state index in [1.165, 1.54) is 19.2 Å². The van der Waals surface area contributed by atoms with Crippen LogP contribution in [0.3, 0.4) is 0 Å². The highest BCUT2D eigenvalue weighted by atomic mass is 35.5. The first-order valence-corrected chi connectivity index (χ1v) is 6.81. The van der Waals surface area contributed by atoms with Crippen molar-refractivity contribution in [1.82, 2.24) is 10.3 Å². The second-order valence-corrected chi connectivity index (χ2v) is 5.14. The molecule has 0 spiro atoms. The number of carbonyl (C=O) groups is 2. The maximum absolute atomic E-state index is 11.9. The predicted molar refractivity (Wildman–Crippen MR) is 82.5 cm³/mol. The van der Waals surface area contributed by atoms with Gasteiger partial charge in [0, 0.05) is 16.8 Å². The second-order valence-electron chi connectivity index (χ2n) is 4.70. The third-order valence-electron chi connectivity index (χ3n) is 3.01. The maximum Gasteiger partial charge on any atom is 0.274 e. The lowest BCUT2D eigenvalue weighted by molar-refractivity contribution is -0.119. The van der Waals surface area contributed by atoms with Gasteiger partial charge in [0.2, 0.25) is 5.91 Å². The highest BCUT2D eigenvalue weighted by Gasteiger charge is 2.18. The summed E-state index contributed by atoms with van der Waals surface area (Å²) in [5.41, 5.74) is 6.25. The standard InChI is InChI=1S/C15H14ClN3O3/c1-8(14(17)21)19-15(22)13-12(20)6-10(7-18-13)9-3-2-4-11(16)5-9/h2-8,20H,1H3,(H2,17,21)(H,19,22). The van der Waals surface area contributed by atoms with Gasteiger partial charge in [0.25, 0.3) is 5.91 Å². The van der Waals surface area contributed by atoms with Crippen molar-refractivity contribution in [3.63, 3.8) is 0 Å². The topological polar surface area (TPSA) is 105 Å². The number of pyridine rings is 1. The largest absolute Gasteiger partial charge is 0.505 e. The molecule has 0 aliphatic rings. The van der Waals surface area contributed by atoms with Gasteiger partial charge >= 0.3 is 0 Å². The zero-order valence-electron chi connectivity index (χ0n) is 11.7. The average Bonchev–Trinajstić information content (AvgIpc) is 2.46. The molecule has 2 rings (SSSR count). The Kier molecular flexibility index (Phi) is 4.62. The molecule has 0 radical (unpaired) electrons. The number of halogens is 1. The molecule has 1 heterocycles. The summed E-state index contributed by atoms with van der Waals surface area (Å²) in [5, 5.41) is 12.9. The van der Waals surface area contributed by atoms with Crippen LogP contribution in [0, 0.1) is 0 Å². The zero-order chi connectivity index (χ0) is 16.3. The van der Waals surface area contributed by atoms with Crippen molar-refractivity contribution in [3.8, 4) is 16.9 Å². The summed E-state index contributed by atoms with van der Waals surface area (Å²) in [5.74, 6) is -1.66. The van der Waals surface area contributed by atoms with E-state index < -0.39 is 17.9 Å². The quantitative estimate of drug-likeness (QED) is 0.797. The summed E-state index contributed by atoms with van der Waals surface area (Å²) in [7, 11) is 0. The van der Waals surface area contributed by atoms with Crippen molar-refractivity contribution in [3.05, 3.63) is 47.2 Å². The molecule has 0 saturated heterocycles. The van der Waals surface area contributed by atoms with Gasteiger partial charge < -0.3 is 16.2 Å². The Morgan fingerprint density at radius 1 is 1.32 bits per heavy atom. The number of benzene rings is 1. The number of amides is 2. The first-order chi connectivity index (χ1) is 10.4. The van der Waals surface area contributed by atoms with Crippen LogP contribution in [-0.2, 0) is 4.79 Å². The lowest BCUT2D eigenvalue weighted by Gasteiger charge is -2.11. The minimum Gasteiger partial charge on any atom is -0.505 e. The molecule has 22 heavy (non-hydrogen) atoms. The van der Waals surface area contributed by atoms with Crippen molar-refractivity contribution >= 4 is 23.4 Å². The third kappa shape index (κ3) is 3.53. The van der Waals surface area contributed by atoms with Crippen LogP contribution in [0.5, 0.6) is 5.75 Å². The van der Waals surface area contributed by atoms with Crippen LogP contribution >= 0.6 is 11.6 Å². The molecule has 114 valence electrons. The van der Waals surface area contributed by atoms with Crippen LogP contribution in [0.15, 0.2) is 36.5 Å². The Morgan fingerprint density at radius 3 is 2.64 bits per heavy atom. The molecule has 4 N–H and O–H groups in total. The molecular weight excluding hydrogens is 306 g/mol. The highest BCUT2D eigenvalue weighted by Crippen LogP contribution is 2.26. The minimum absolute atomic E-state index is 0.182. The van der Waals surface area contributed by atoms with Gasteiger partial charge in [0.15, 0.2) is 5.69 Å². The fourth-order valence-electron chi connectivity index (χ4n) is 1.79. The molecule has 1 aromatic carbocycles. The average molecular weight is 320 g/mol. The van der Waals surface area contributed by atoms with Crippen molar-refractivity contribution < 1.29 is 14.7 Å². The number of nitrogens with zero attached hydrogens (tertiary/aromatic N) is 1. The molecule has 0 bridgehead atoms. The molecule has 2 amide bonds. The number of hydrogen-bond donors (Lipinski definition) is 3. The van der Waals surface area contributed by atoms with Crippen LogP contribution < -0.4 is 11.1 Å². The molecule has 7 heteroatoms. The second kappa shape index (κ2) is 6.44. The van der Waals surface area contributed by atoms with Crippen molar-refractivity contribution in [2.24, 2.45) is 5.73 Å². The lowest BCUT2D eigenvalue weighted by atomic mass is 10.1. The zero-order valence-corrected chi connectivity index (χ0v) is 12.5. The Bertz CT molecular complexity index is 734. The summed E-state index contributed by atoms with van der Waals surface area (Å²) in [4.78, 5) is 26.8. The fraction of sp³-hybridized carbons (Fsp3) is 0.133. The van der Waals surface area contributed by atoms with E-state index in [0.717, 1.165) is 5.56 Å². The molecule has 6 nitrogen and oxygen atoms in total. The van der Waals surface area contributed by atoms with E-state index in [2.05, 4.69) is 10.3 Å². The first-order valence-electron chi connectivity index (χ1n) is 6.43. The number of nitrogens with one attached hydrogen (secondary N) is 1. The van der Waals surface area contributed by atoms with Crippen LogP contribution in [0.25, 0.3) is 11.1 Å². The fourth-order valence-corrected chi connectivity index (χ4v) is 1.98. The molecule has 1 unspecified atom stereocenters. The van der Waals surface area contributed by atoms with Gasteiger partial charge in [0.1, 0.15) is 11.8 Å². The molecule has 1 atom stereocenters. The third-order valence-corrected chi connectivity index (χ3v) is 3.25. The van der Waals surface area contributed by atoms with Gasteiger partial charge in [-0.3, -0.25) is 9.59 Å². The van der Waals surface area contributed by atoms with Crippen molar-refractivity contribution in [2.75, 3.05) is 0 Å². The molecule has 2 aromatic rings. The first kappa shape index (κ1) is 15.8. The maximum atomic E-state index is 11.9. The number of hydrogen-bond acceptors (Lipinski definition) is 4. The van der Waals surface area contributed by atoms with Crippen LogP contribution in [0.4, 0.5) is 0 Å². The number of nitrogens with two attached hydrogens (primary N) is 1. The molecule has 1 aromatic heterocycles. The molecule has 0 fully saturated rings. The summed E-state index contributed by atoms with van der Waals surface area (Å²) in [6.07, 6.45) is 1.44. The van der Waals surface area contributed by atoms with Gasteiger partial charge in [-0.05, 0) is 30.7 Å². The van der Waals surface area contributed by atoms with E-state index in [9.17, 15) is 14.7 Å². The Balaban J connectivity index is 2.27. The van der Waals surface area contributed by atoms with Gasteiger partial charge in [0.05, 0.1) is 0 Å². The Morgan fingerprint density at radius 2 is 2.05 bits per heavy atom. The van der Waals surface area contributed by atoms with Crippen LogP contribution in [-0.4, -0.2) is 27.9 Å². The molecule has 0 aliphatic carbocycles. The van der Waals surface area contributed by atoms with Gasteiger partial charge in [-0.1, -0.05) is 23.7 Å². The summed E-state index contributed by atoms with van der Waals surface area (Å²) in [6.45, 7) is 1.44.